The van der Waals surface area contributed by atoms with Gasteiger partial charge in [0.15, 0.2) is 0 Å². The van der Waals surface area contributed by atoms with Gasteiger partial charge in [0.05, 0.1) is 17.1 Å². The summed E-state index contributed by atoms with van der Waals surface area (Å²) >= 11 is 0. The van der Waals surface area contributed by atoms with Crippen molar-refractivity contribution in [3.63, 3.8) is 0 Å². The number of rotatable bonds is 20. The Morgan fingerprint density at radius 2 is 1.14 bits per heavy atom. The molecular formula is C41H58N2. The summed E-state index contributed by atoms with van der Waals surface area (Å²) in [6.07, 6.45) is 22.0. The third-order valence-electron chi connectivity index (χ3n) is 8.48. The Labute approximate surface area is 264 Å². The SMILES string of the molecule is CCCCCCCCc1c(CCCC)cc(N=C(C)C=Nc2ccc(CCCC)c(-c3ccccc3)c2)cc1CCCC. The zero-order valence-corrected chi connectivity index (χ0v) is 28.1. The Kier molecular flexibility index (Phi) is 16.1. The van der Waals surface area contributed by atoms with Crippen LogP contribution in [0.4, 0.5) is 11.4 Å². The van der Waals surface area contributed by atoms with Crippen molar-refractivity contribution in [2.75, 3.05) is 0 Å². The number of nitrogens with zero attached hydrogens (tertiary/aromatic N) is 2. The van der Waals surface area contributed by atoms with E-state index in [2.05, 4.69) is 95.3 Å². The minimum Gasteiger partial charge on any atom is -0.255 e. The molecule has 43 heavy (non-hydrogen) atoms. The summed E-state index contributed by atoms with van der Waals surface area (Å²) < 4.78 is 0. The third-order valence-corrected chi connectivity index (χ3v) is 8.48. The van der Waals surface area contributed by atoms with Gasteiger partial charge in [0.1, 0.15) is 0 Å². The first kappa shape index (κ1) is 34.5. The number of aliphatic imine (C=N–C) groups is 2. The molecule has 0 spiro atoms. The van der Waals surface area contributed by atoms with Gasteiger partial charge < -0.3 is 0 Å². The van der Waals surface area contributed by atoms with E-state index in [1.807, 2.05) is 6.21 Å². The molecule has 0 saturated carbocycles. The van der Waals surface area contributed by atoms with E-state index < -0.39 is 0 Å². The molecule has 2 nitrogen and oxygen atoms in total. The van der Waals surface area contributed by atoms with Crippen molar-refractivity contribution < 1.29 is 0 Å². The molecule has 0 atom stereocenters. The van der Waals surface area contributed by atoms with Crippen molar-refractivity contribution in [3.05, 3.63) is 82.9 Å². The van der Waals surface area contributed by atoms with Gasteiger partial charge in [0.2, 0.25) is 0 Å². The Morgan fingerprint density at radius 3 is 1.77 bits per heavy atom. The van der Waals surface area contributed by atoms with Crippen LogP contribution in [0.5, 0.6) is 0 Å². The van der Waals surface area contributed by atoms with E-state index in [9.17, 15) is 0 Å². The Morgan fingerprint density at radius 1 is 0.558 bits per heavy atom. The molecule has 0 aromatic heterocycles. The van der Waals surface area contributed by atoms with Crippen LogP contribution in [0.15, 0.2) is 70.6 Å². The van der Waals surface area contributed by atoms with Crippen LogP contribution in [0.25, 0.3) is 11.1 Å². The maximum Gasteiger partial charge on any atom is 0.0639 e. The average molecular weight is 579 g/mol. The van der Waals surface area contributed by atoms with E-state index in [1.54, 1.807) is 5.56 Å². The fraction of sp³-hybridized carbons (Fsp3) is 0.512. The second kappa shape index (κ2) is 20.0. The predicted molar refractivity (Wildman–Crippen MR) is 192 cm³/mol. The van der Waals surface area contributed by atoms with E-state index in [-0.39, 0.29) is 0 Å². The van der Waals surface area contributed by atoms with Gasteiger partial charge in [-0.05, 0) is 116 Å². The van der Waals surface area contributed by atoms with Crippen molar-refractivity contribution >= 4 is 23.3 Å². The highest BCUT2D eigenvalue weighted by molar-refractivity contribution is 6.30. The Balaban J connectivity index is 1.86. The molecule has 2 heteroatoms. The normalized spacial score (nSPS) is 12.0. The van der Waals surface area contributed by atoms with Gasteiger partial charge in [-0.3, -0.25) is 9.98 Å². The van der Waals surface area contributed by atoms with Crippen molar-refractivity contribution in [2.45, 2.75) is 137 Å². The predicted octanol–water partition coefficient (Wildman–Crippen LogP) is 12.8. The molecule has 0 heterocycles. The lowest BCUT2D eigenvalue weighted by Gasteiger charge is -2.17. The lowest BCUT2D eigenvalue weighted by molar-refractivity contribution is 0.604. The average Bonchev–Trinajstić information content (AvgIpc) is 3.03. The maximum atomic E-state index is 5.09. The maximum absolute atomic E-state index is 5.09. The molecular weight excluding hydrogens is 520 g/mol. The summed E-state index contributed by atoms with van der Waals surface area (Å²) in [6, 6.07) is 22.1. The second-order valence-corrected chi connectivity index (χ2v) is 12.3. The molecule has 0 amide bonds. The minimum atomic E-state index is 0.947. The van der Waals surface area contributed by atoms with Crippen LogP contribution in [-0.2, 0) is 25.7 Å². The molecule has 0 saturated heterocycles. The molecule has 0 unspecified atom stereocenters. The van der Waals surface area contributed by atoms with Crippen LogP contribution < -0.4 is 0 Å². The molecule has 0 fully saturated rings. The molecule has 0 bridgehead atoms. The van der Waals surface area contributed by atoms with E-state index in [0.717, 1.165) is 36.3 Å². The second-order valence-electron chi connectivity index (χ2n) is 12.3. The van der Waals surface area contributed by atoms with E-state index in [1.165, 1.54) is 111 Å². The highest BCUT2D eigenvalue weighted by atomic mass is 14.8. The summed E-state index contributed by atoms with van der Waals surface area (Å²) in [6.45, 7) is 11.2. The summed E-state index contributed by atoms with van der Waals surface area (Å²) in [5.74, 6) is 0. The largest absolute Gasteiger partial charge is 0.255 e. The molecule has 0 radical (unpaired) electrons. The van der Waals surface area contributed by atoms with Gasteiger partial charge >= 0.3 is 0 Å². The van der Waals surface area contributed by atoms with Crippen LogP contribution in [0.2, 0.25) is 0 Å². The molecule has 3 aromatic carbocycles. The molecule has 0 aliphatic rings. The first-order valence-corrected chi connectivity index (χ1v) is 17.5. The van der Waals surface area contributed by atoms with Crippen molar-refractivity contribution in [1.29, 1.82) is 0 Å². The fourth-order valence-corrected chi connectivity index (χ4v) is 5.94. The Hall–Kier alpha value is -3.00. The first-order chi connectivity index (χ1) is 21.1. The smallest absolute Gasteiger partial charge is 0.0639 e. The highest BCUT2D eigenvalue weighted by Gasteiger charge is 2.12. The molecule has 3 rings (SSSR count). The van der Waals surface area contributed by atoms with Crippen molar-refractivity contribution in [2.24, 2.45) is 9.98 Å². The van der Waals surface area contributed by atoms with E-state index >= 15 is 0 Å². The summed E-state index contributed by atoms with van der Waals surface area (Å²) in [5.41, 5.74) is 11.7. The summed E-state index contributed by atoms with van der Waals surface area (Å²) in [7, 11) is 0. The lowest BCUT2D eigenvalue weighted by Crippen LogP contribution is -2.03. The minimum absolute atomic E-state index is 0.947. The molecule has 232 valence electrons. The standard InChI is InChI=1S/C41H58N2/c1-6-10-14-15-16-20-26-40-36(22-12-8-3)29-39(30-37(40)23-13-9-4)43-33(5)32-42-38-28-27-35(21-11-7-2)41(31-38)34-24-18-17-19-25-34/h17-19,24-25,27-32H,6-16,20-23,26H2,1-5H3. The number of hydrogen-bond donors (Lipinski definition) is 0. The van der Waals surface area contributed by atoms with Gasteiger partial charge in [-0.15, -0.1) is 0 Å². The monoisotopic (exact) mass is 578 g/mol. The number of unbranched alkanes of at least 4 members (excludes halogenated alkanes) is 8. The molecule has 3 aromatic rings. The fourth-order valence-electron chi connectivity index (χ4n) is 5.94. The van der Waals surface area contributed by atoms with Gasteiger partial charge in [-0.2, -0.15) is 0 Å². The zero-order valence-electron chi connectivity index (χ0n) is 28.1. The van der Waals surface area contributed by atoms with Crippen LogP contribution in [0.1, 0.15) is 134 Å². The van der Waals surface area contributed by atoms with Gasteiger partial charge in [0.25, 0.3) is 0 Å². The topological polar surface area (TPSA) is 24.7 Å². The molecule has 0 aliphatic heterocycles. The van der Waals surface area contributed by atoms with E-state index in [0.29, 0.717) is 0 Å². The summed E-state index contributed by atoms with van der Waals surface area (Å²) in [4.78, 5) is 9.98. The number of aryl methyl sites for hydroxylation is 3. The van der Waals surface area contributed by atoms with Crippen LogP contribution >= 0.6 is 0 Å². The molecule has 0 aliphatic carbocycles. The van der Waals surface area contributed by atoms with E-state index in [4.69, 9.17) is 9.98 Å². The van der Waals surface area contributed by atoms with Crippen LogP contribution in [0, 0.1) is 0 Å². The van der Waals surface area contributed by atoms with Crippen LogP contribution in [0.3, 0.4) is 0 Å². The van der Waals surface area contributed by atoms with Gasteiger partial charge in [0, 0.05) is 6.21 Å². The van der Waals surface area contributed by atoms with Crippen molar-refractivity contribution in [3.8, 4) is 11.1 Å². The van der Waals surface area contributed by atoms with Gasteiger partial charge in [-0.25, -0.2) is 0 Å². The molecule has 0 N–H and O–H groups in total. The van der Waals surface area contributed by atoms with Crippen molar-refractivity contribution in [1.82, 2.24) is 0 Å². The lowest BCUT2D eigenvalue weighted by atomic mass is 9.90. The first-order valence-electron chi connectivity index (χ1n) is 17.5. The van der Waals surface area contributed by atoms with Crippen LogP contribution in [-0.4, -0.2) is 11.9 Å². The third kappa shape index (κ3) is 11.9. The quantitative estimate of drug-likeness (QED) is 0.0941. The van der Waals surface area contributed by atoms with Gasteiger partial charge in [-0.1, -0.05) is 115 Å². The Bertz CT molecular complexity index is 1240. The zero-order chi connectivity index (χ0) is 30.7. The number of benzene rings is 3. The highest BCUT2D eigenvalue weighted by Crippen LogP contribution is 2.30. The summed E-state index contributed by atoms with van der Waals surface area (Å²) in [5, 5.41) is 0. The number of hydrogen-bond acceptors (Lipinski definition) is 2.